The van der Waals surface area contributed by atoms with Crippen molar-refractivity contribution in [2.24, 2.45) is 4.99 Å². The summed E-state index contributed by atoms with van der Waals surface area (Å²) in [4.78, 5) is 8.81. The Balaban J connectivity index is 1.49. The van der Waals surface area contributed by atoms with E-state index in [1.54, 1.807) is 14.2 Å². The molecule has 3 N–H and O–H groups in total. The first-order valence-corrected chi connectivity index (χ1v) is 9.65. The number of H-pyrrole nitrogens is 1. The number of aryl methyl sites for hydroxylation is 2. The molecule has 3 rings (SSSR count). The van der Waals surface area contributed by atoms with Crippen LogP contribution in [0.3, 0.4) is 0 Å². The molecule has 0 atom stereocenters. The largest absolute Gasteiger partial charge is 0.497 e. The lowest BCUT2D eigenvalue weighted by atomic mass is 10.1. The molecule has 0 saturated carbocycles. The second kappa shape index (κ2) is 9.73. The molecule has 2 aromatic carbocycles. The summed E-state index contributed by atoms with van der Waals surface area (Å²) in [5.74, 6) is 2.94. The fourth-order valence-corrected chi connectivity index (χ4v) is 3.17. The Morgan fingerprint density at radius 3 is 2.45 bits per heavy atom. The van der Waals surface area contributed by atoms with Gasteiger partial charge >= 0.3 is 0 Å². The van der Waals surface area contributed by atoms with Crippen LogP contribution in [-0.4, -0.2) is 41.8 Å². The minimum atomic E-state index is 0.506. The van der Waals surface area contributed by atoms with E-state index in [0.717, 1.165) is 36.1 Å². The number of guanidine groups is 1. The molecule has 0 radical (unpaired) electrons. The molecule has 1 aromatic heterocycles. The molecule has 0 aliphatic rings. The number of benzene rings is 2. The highest BCUT2D eigenvalue weighted by atomic mass is 16.5. The van der Waals surface area contributed by atoms with Crippen molar-refractivity contribution in [3.8, 4) is 17.1 Å². The van der Waals surface area contributed by atoms with E-state index in [4.69, 9.17) is 4.74 Å². The summed E-state index contributed by atoms with van der Waals surface area (Å²) in [7, 11) is 3.41. The number of aromatic amines is 1. The van der Waals surface area contributed by atoms with E-state index in [9.17, 15) is 0 Å². The van der Waals surface area contributed by atoms with Crippen molar-refractivity contribution in [3.05, 3.63) is 65.0 Å². The third-order valence-corrected chi connectivity index (χ3v) is 4.51. The Kier molecular flexibility index (Phi) is 6.84. The zero-order valence-corrected chi connectivity index (χ0v) is 17.4. The van der Waals surface area contributed by atoms with Crippen LogP contribution in [0.5, 0.6) is 5.75 Å². The maximum Gasteiger partial charge on any atom is 0.191 e. The monoisotopic (exact) mass is 392 g/mol. The molecule has 0 bridgehead atoms. The van der Waals surface area contributed by atoms with Crippen molar-refractivity contribution in [2.75, 3.05) is 20.7 Å². The average molecular weight is 393 g/mol. The van der Waals surface area contributed by atoms with Crippen LogP contribution in [0.1, 0.15) is 22.5 Å². The Bertz CT molecular complexity index is 941. The number of methoxy groups -OCH3 is 1. The van der Waals surface area contributed by atoms with Gasteiger partial charge in [0.1, 0.15) is 11.6 Å². The predicted molar refractivity (Wildman–Crippen MR) is 116 cm³/mol. The van der Waals surface area contributed by atoms with E-state index in [1.165, 1.54) is 16.7 Å². The molecule has 0 amide bonds. The fourth-order valence-electron chi connectivity index (χ4n) is 3.17. The van der Waals surface area contributed by atoms with Gasteiger partial charge in [-0.05, 0) is 50.1 Å². The quantitative estimate of drug-likeness (QED) is 0.425. The van der Waals surface area contributed by atoms with Crippen LogP contribution in [0.25, 0.3) is 11.4 Å². The molecule has 7 nitrogen and oxygen atoms in total. The lowest BCUT2D eigenvalue weighted by Gasteiger charge is -2.11. The van der Waals surface area contributed by atoms with Gasteiger partial charge in [-0.3, -0.25) is 10.1 Å². The molecule has 0 spiro atoms. The topological polar surface area (TPSA) is 87.2 Å². The molecular weight excluding hydrogens is 364 g/mol. The molecule has 0 unspecified atom stereocenters. The SMILES string of the molecule is CN=C(NCCc1cc(C)cc(C)c1)NCc1nc(-c2ccc(OC)cc2)n[nH]1. The fraction of sp³-hybridized carbons (Fsp3) is 0.318. The minimum absolute atomic E-state index is 0.506. The lowest BCUT2D eigenvalue weighted by Crippen LogP contribution is -2.38. The molecule has 1 heterocycles. The van der Waals surface area contributed by atoms with Crippen molar-refractivity contribution in [2.45, 2.75) is 26.8 Å². The van der Waals surface area contributed by atoms with E-state index in [1.807, 2.05) is 24.3 Å². The van der Waals surface area contributed by atoms with Crippen LogP contribution in [0.15, 0.2) is 47.5 Å². The van der Waals surface area contributed by atoms with Crippen LogP contribution in [0.2, 0.25) is 0 Å². The molecule has 0 aliphatic heterocycles. The van der Waals surface area contributed by atoms with Crippen molar-refractivity contribution in [1.29, 1.82) is 0 Å². The van der Waals surface area contributed by atoms with Crippen LogP contribution >= 0.6 is 0 Å². The summed E-state index contributed by atoms with van der Waals surface area (Å²) in [6.07, 6.45) is 0.938. The number of hydrogen-bond acceptors (Lipinski definition) is 4. The van der Waals surface area contributed by atoms with Crippen LogP contribution in [-0.2, 0) is 13.0 Å². The zero-order chi connectivity index (χ0) is 20.6. The maximum atomic E-state index is 5.18. The number of hydrogen-bond donors (Lipinski definition) is 3. The number of nitrogens with one attached hydrogen (secondary N) is 3. The normalized spacial score (nSPS) is 11.4. The highest BCUT2D eigenvalue weighted by Gasteiger charge is 2.07. The van der Waals surface area contributed by atoms with Crippen molar-refractivity contribution in [3.63, 3.8) is 0 Å². The number of rotatable bonds is 7. The second-order valence-corrected chi connectivity index (χ2v) is 6.93. The van der Waals surface area contributed by atoms with E-state index in [0.29, 0.717) is 12.4 Å². The summed E-state index contributed by atoms with van der Waals surface area (Å²) < 4.78 is 5.18. The van der Waals surface area contributed by atoms with Gasteiger partial charge in [0.05, 0.1) is 13.7 Å². The van der Waals surface area contributed by atoms with Gasteiger partial charge in [-0.1, -0.05) is 29.3 Å². The third-order valence-electron chi connectivity index (χ3n) is 4.51. The first-order valence-electron chi connectivity index (χ1n) is 9.65. The van der Waals surface area contributed by atoms with E-state index in [-0.39, 0.29) is 0 Å². The third kappa shape index (κ3) is 5.81. The number of aromatic nitrogens is 3. The number of nitrogens with zero attached hydrogens (tertiary/aromatic N) is 3. The molecule has 152 valence electrons. The standard InChI is InChI=1S/C22H28N6O/c1-15-11-16(2)13-17(12-15)9-10-24-22(23-3)25-14-20-26-21(28-27-20)18-5-7-19(29-4)8-6-18/h5-8,11-13H,9-10,14H2,1-4H3,(H2,23,24,25)(H,26,27,28). The van der Waals surface area contributed by atoms with Gasteiger partial charge in [-0.2, -0.15) is 5.10 Å². The zero-order valence-electron chi connectivity index (χ0n) is 17.4. The molecule has 0 aliphatic carbocycles. The van der Waals surface area contributed by atoms with Gasteiger partial charge in [0.25, 0.3) is 0 Å². The van der Waals surface area contributed by atoms with Gasteiger partial charge in [-0.25, -0.2) is 4.98 Å². The first kappa shape index (κ1) is 20.4. The predicted octanol–water partition coefficient (Wildman–Crippen LogP) is 3.00. The van der Waals surface area contributed by atoms with Crippen LogP contribution < -0.4 is 15.4 Å². The van der Waals surface area contributed by atoms with Gasteiger partial charge in [0.15, 0.2) is 11.8 Å². The highest BCUT2D eigenvalue weighted by molar-refractivity contribution is 5.79. The number of aliphatic imine (C=N–C) groups is 1. The van der Waals surface area contributed by atoms with Gasteiger partial charge in [0.2, 0.25) is 0 Å². The van der Waals surface area contributed by atoms with E-state index in [2.05, 4.69) is 62.9 Å². The molecule has 0 saturated heterocycles. The van der Waals surface area contributed by atoms with Crippen molar-refractivity contribution >= 4 is 5.96 Å². The second-order valence-electron chi connectivity index (χ2n) is 6.93. The number of ether oxygens (including phenoxy) is 1. The molecule has 7 heteroatoms. The van der Waals surface area contributed by atoms with E-state index < -0.39 is 0 Å². The summed E-state index contributed by atoms with van der Waals surface area (Å²) in [5.41, 5.74) is 4.84. The summed E-state index contributed by atoms with van der Waals surface area (Å²) in [6.45, 7) is 5.56. The Labute approximate surface area is 171 Å². The maximum absolute atomic E-state index is 5.18. The van der Waals surface area contributed by atoms with Gasteiger partial charge in [-0.15, -0.1) is 0 Å². The molecule has 3 aromatic rings. The first-order chi connectivity index (χ1) is 14.1. The Hall–Kier alpha value is -3.35. The summed E-state index contributed by atoms with van der Waals surface area (Å²) >= 11 is 0. The molecule has 29 heavy (non-hydrogen) atoms. The van der Waals surface area contributed by atoms with E-state index >= 15 is 0 Å². The summed E-state index contributed by atoms with van der Waals surface area (Å²) in [5, 5.41) is 13.9. The Morgan fingerprint density at radius 1 is 1.07 bits per heavy atom. The van der Waals surface area contributed by atoms with Crippen LogP contribution in [0.4, 0.5) is 0 Å². The highest BCUT2D eigenvalue weighted by Crippen LogP contribution is 2.18. The lowest BCUT2D eigenvalue weighted by molar-refractivity contribution is 0.415. The van der Waals surface area contributed by atoms with Gasteiger partial charge < -0.3 is 15.4 Å². The molecule has 0 fully saturated rings. The minimum Gasteiger partial charge on any atom is -0.497 e. The average Bonchev–Trinajstić information content (AvgIpc) is 3.19. The van der Waals surface area contributed by atoms with Gasteiger partial charge in [0, 0.05) is 19.2 Å². The summed E-state index contributed by atoms with van der Waals surface area (Å²) in [6, 6.07) is 14.3. The van der Waals surface area contributed by atoms with Crippen LogP contribution in [0, 0.1) is 13.8 Å². The smallest absolute Gasteiger partial charge is 0.191 e. The van der Waals surface area contributed by atoms with Crippen molar-refractivity contribution < 1.29 is 4.74 Å². The Morgan fingerprint density at radius 2 is 1.79 bits per heavy atom. The molecular formula is C22H28N6O. The van der Waals surface area contributed by atoms with Crippen molar-refractivity contribution in [1.82, 2.24) is 25.8 Å².